The maximum absolute atomic E-state index is 5.63. The van der Waals surface area contributed by atoms with E-state index >= 15 is 0 Å². The van der Waals surface area contributed by atoms with Crippen LogP contribution in [0.2, 0.25) is 0 Å². The second kappa shape index (κ2) is 9.52. The summed E-state index contributed by atoms with van der Waals surface area (Å²) < 4.78 is 7.47. The number of benzene rings is 2. The number of aromatic nitrogens is 3. The molecule has 1 N–H and O–H groups in total. The number of nitrogens with one attached hydrogen (secondary N) is 1. The number of rotatable bonds is 5. The Hall–Kier alpha value is -4.76. The molecule has 0 saturated carbocycles. The highest BCUT2D eigenvalue weighted by Gasteiger charge is 2.41. The number of aliphatic imine (C=N–C) groups is 2. The van der Waals surface area contributed by atoms with E-state index in [-0.39, 0.29) is 6.04 Å². The van der Waals surface area contributed by atoms with E-state index in [1.165, 1.54) is 4.88 Å². The Morgan fingerprint density at radius 3 is 2.56 bits per heavy atom. The number of amidine groups is 2. The fourth-order valence-corrected chi connectivity index (χ4v) is 5.91. The average Bonchev–Trinajstić information content (AvgIpc) is 3.62. The van der Waals surface area contributed by atoms with Crippen molar-refractivity contribution in [1.29, 1.82) is 0 Å². The number of fused-ring (bicyclic) bond motifs is 4. The van der Waals surface area contributed by atoms with Crippen molar-refractivity contribution in [2.24, 2.45) is 9.98 Å². The summed E-state index contributed by atoms with van der Waals surface area (Å²) in [6, 6.07) is 26.0. The number of pyridine rings is 1. The van der Waals surface area contributed by atoms with Crippen molar-refractivity contribution >= 4 is 45.9 Å². The molecule has 1 atom stereocenters. The smallest absolute Gasteiger partial charge is 0.179 e. The molecule has 0 aliphatic carbocycles. The molecule has 0 fully saturated rings. The molecule has 0 radical (unpaired) electrons. The minimum absolute atomic E-state index is 0.126. The Balaban J connectivity index is 1.43. The molecule has 0 spiro atoms. The maximum Gasteiger partial charge on any atom is 0.179 e. The Morgan fingerprint density at radius 1 is 0.949 bits per heavy atom. The molecular formula is C30H25N7OS. The van der Waals surface area contributed by atoms with Gasteiger partial charge in [0.1, 0.15) is 11.8 Å². The predicted molar refractivity (Wildman–Crippen MR) is 157 cm³/mol. The van der Waals surface area contributed by atoms with Crippen molar-refractivity contribution in [3.8, 4) is 11.6 Å². The van der Waals surface area contributed by atoms with Gasteiger partial charge in [-0.2, -0.15) is 9.78 Å². The predicted octanol–water partition coefficient (Wildman–Crippen LogP) is 6.83. The van der Waals surface area contributed by atoms with Gasteiger partial charge in [0, 0.05) is 22.3 Å². The molecule has 9 heteroatoms. The Morgan fingerprint density at radius 2 is 1.79 bits per heavy atom. The molecular weight excluding hydrogens is 506 g/mol. The number of nitrogens with zero attached hydrogens (tertiary/aromatic N) is 6. The van der Waals surface area contributed by atoms with Gasteiger partial charge in [0.2, 0.25) is 0 Å². The number of ether oxygens (including phenoxy) is 1. The molecule has 5 heterocycles. The number of anilines is 2. The lowest BCUT2D eigenvalue weighted by Crippen LogP contribution is -2.46. The molecule has 0 saturated heterocycles. The van der Waals surface area contributed by atoms with E-state index in [1.807, 2.05) is 79.2 Å². The van der Waals surface area contributed by atoms with Crippen molar-refractivity contribution in [3.05, 3.63) is 107 Å². The summed E-state index contributed by atoms with van der Waals surface area (Å²) in [5.41, 5.74) is 4.75. The standard InChI is InChI=1S/C30H25N7OS/c1-3-38-21-15-13-20(14-16-21)32-28-30-34-29-26(19(2)35-37(29)25-12-6-7-17-31-25)27(24-11-8-18-39-24)36(30)23-10-5-4-9-22(23)33-28/h4-18,27H,3H2,1-2H3,(H,32,33)/t27-/m0/s1. The van der Waals surface area contributed by atoms with Crippen molar-refractivity contribution in [1.82, 2.24) is 14.8 Å². The van der Waals surface area contributed by atoms with Gasteiger partial charge in [0.15, 0.2) is 23.3 Å². The van der Waals surface area contributed by atoms with Crippen LogP contribution < -0.4 is 15.0 Å². The molecule has 0 amide bonds. The molecule has 3 aromatic heterocycles. The molecule has 192 valence electrons. The lowest BCUT2D eigenvalue weighted by Gasteiger charge is -2.40. The number of para-hydroxylation sites is 2. The van der Waals surface area contributed by atoms with Crippen LogP contribution in [0.15, 0.2) is 100 Å². The van der Waals surface area contributed by atoms with Gasteiger partial charge in [-0.15, -0.1) is 11.3 Å². The molecule has 2 aromatic carbocycles. The van der Waals surface area contributed by atoms with E-state index in [1.54, 1.807) is 17.5 Å². The first kappa shape index (κ1) is 23.4. The molecule has 2 aliphatic rings. The third-order valence-electron chi connectivity index (χ3n) is 6.75. The van der Waals surface area contributed by atoms with Crippen LogP contribution in [0.3, 0.4) is 0 Å². The van der Waals surface area contributed by atoms with Crippen molar-refractivity contribution < 1.29 is 4.74 Å². The van der Waals surface area contributed by atoms with E-state index in [0.29, 0.717) is 12.4 Å². The molecule has 39 heavy (non-hydrogen) atoms. The van der Waals surface area contributed by atoms with Gasteiger partial charge >= 0.3 is 0 Å². The van der Waals surface area contributed by atoms with Crippen molar-refractivity contribution in [2.45, 2.75) is 19.9 Å². The zero-order chi connectivity index (χ0) is 26.3. The van der Waals surface area contributed by atoms with Crippen molar-refractivity contribution in [2.75, 3.05) is 16.8 Å². The quantitative estimate of drug-likeness (QED) is 0.269. The van der Waals surface area contributed by atoms with Gasteiger partial charge in [-0.05, 0) is 73.8 Å². The Bertz CT molecular complexity index is 1710. The number of hydrogen-bond donors (Lipinski definition) is 1. The fraction of sp³-hybridized carbons (Fsp3) is 0.133. The zero-order valence-corrected chi connectivity index (χ0v) is 22.3. The number of hydrogen-bond acceptors (Lipinski definition) is 8. The largest absolute Gasteiger partial charge is 0.494 e. The molecule has 8 nitrogen and oxygen atoms in total. The summed E-state index contributed by atoms with van der Waals surface area (Å²) in [7, 11) is 0. The first-order valence-electron chi connectivity index (χ1n) is 12.8. The lowest BCUT2D eigenvalue weighted by atomic mass is 9.98. The third kappa shape index (κ3) is 3.98. The highest BCUT2D eigenvalue weighted by Crippen LogP contribution is 2.48. The van der Waals surface area contributed by atoms with Gasteiger partial charge in [-0.25, -0.2) is 15.0 Å². The summed E-state index contributed by atoms with van der Waals surface area (Å²) in [4.78, 5) is 18.3. The summed E-state index contributed by atoms with van der Waals surface area (Å²) in [6.45, 7) is 4.64. The van der Waals surface area contributed by atoms with E-state index in [4.69, 9.17) is 19.8 Å². The highest BCUT2D eigenvalue weighted by atomic mass is 32.1. The topological polar surface area (TPSA) is 79.9 Å². The highest BCUT2D eigenvalue weighted by molar-refractivity contribution is 7.10. The van der Waals surface area contributed by atoms with Crippen LogP contribution in [0.25, 0.3) is 5.82 Å². The van der Waals surface area contributed by atoms with Gasteiger partial charge in [-0.1, -0.05) is 24.3 Å². The monoisotopic (exact) mass is 531 g/mol. The first-order valence-corrected chi connectivity index (χ1v) is 13.7. The number of aryl methyl sites for hydroxylation is 1. The van der Waals surface area contributed by atoms with Gasteiger partial charge in [-0.3, -0.25) is 0 Å². The van der Waals surface area contributed by atoms with Crippen LogP contribution in [0.4, 0.5) is 22.9 Å². The molecule has 5 aromatic rings. The van der Waals surface area contributed by atoms with E-state index in [0.717, 1.165) is 51.5 Å². The van der Waals surface area contributed by atoms with Crippen molar-refractivity contribution in [3.63, 3.8) is 0 Å². The molecule has 0 bridgehead atoms. The average molecular weight is 532 g/mol. The SMILES string of the molecule is CCOc1ccc(NC2=Nc3ccccc3N3C2=Nc2c(c(C)nn2-c2ccccn2)[C@@H]3c2cccs2)cc1. The lowest BCUT2D eigenvalue weighted by molar-refractivity contribution is 0.340. The minimum atomic E-state index is -0.126. The maximum atomic E-state index is 5.63. The Labute approximate surface area is 230 Å². The van der Waals surface area contributed by atoms with E-state index < -0.39 is 0 Å². The van der Waals surface area contributed by atoms with E-state index in [2.05, 4.69) is 38.8 Å². The molecule has 0 unspecified atom stereocenters. The Kier molecular flexibility index (Phi) is 5.70. The molecule has 2 aliphatic heterocycles. The third-order valence-corrected chi connectivity index (χ3v) is 7.67. The molecule has 7 rings (SSSR count). The van der Waals surface area contributed by atoms with Crippen LogP contribution in [-0.2, 0) is 0 Å². The summed E-state index contributed by atoms with van der Waals surface area (Å²) in [6.07, 6.45) is 1.77. The van der Waals surface area contributed by atoms with Crippen LogP contribution >= 0.6 is 11.3 Å². The van der Waals surface area contributed by atoms with Gasteiger partial charge in [0.25, 0.3) is 0 Å². The second-order valence-corrected chi connectivity index (χ2v) is 10.2. The first-order chi connectivity index (χ1) is 19.2. The number of thiophene rings is 1. The van der Waals surface area contributed by atoms with Crippen LogP contribution in [0.5, 0.6) is 5.75 Å². The van der Waals surface area contributed by atoms with Gasteiger partial charge < -0.3 is 15.0 Å². The fourth-order valence-electron chi connectivity index (χ4n) is 5.09. The van der Waals surface area contributed by atoms with Crippen LogP contribution in [0, 0.1) is 6.92 Å². The second-order valence-electron chi connectivity index (χ2n) is 9.18. The summed E-state index contributed by atoms with van der Waals surface area (Å²) >= 11 is 1.73. The minimum Gasteiger partial charge on any atom is -0.494 e. The van der Waals surface area contributed by atoms with Crippen LogP contribution in [0.1, 0.15) is 29.1 Å². The summed E-state index contributed by atoms with van der Waals surface area (Å²) in [5, 5.41) is 10.6. The summed E-state index contributed by atoms with van der Waals surface area (Å²) in [5.74, 6) is 3.70. The zero-order valence-electron chi connectivity index (χ0n) is 21.4. The van der Waals surface area contributed by atoms with Gasteiger partial charge in [0.05, 0.1) is 23.7 Å². The normalized spacial score (nSPS) is 15.5. The van der Waals surface area contributed by atoms with E-state index in [9.17, 15) is 0 Å². The van der Waals surface area contributed by atoms with Crippen LogP contribution in [-0.4, -0.2) is 33.0 Å².